The van der Waals surface area contributed by atoms with E-state index in [4.69, 9.17) is 4.74 Å². The van der Waals surface area contributed by atoms with Gasteiger partial charge in [0, 0.05) is 6.42 Å². The minimum atomic E-state index is -0.543. The molecule has 1 atom stereocenters. The monoisotopic (exact) mass is 370 g/mol. The number of benzene rings is 2. The number of carbonyl (C=O) groups excluding carboxylic acids is 2. The van der Waals surface area contributed by atoms with Crippen LogP contribution < -0.4 is 15.4 Å². The Bertz CT molecular complexity index is 734. The number of carbonyl (C=O) groups is 2. The second-order valence-electron chi connectivity index (χ2n) is 5.90. The molecule has 2 N–H and O–H groups in total. The van der Waals surface area contributed by atoms with Gasteiger partial charge in [-0.1, -0.05) is 42.5 Å². The molecule has 2 aromatic carbocycles. The van der Waals surface area contributed by atoms with Crippen molar-refractivity contribution in [2.75, 3.05) is 25.6 Å². The molecule has 0 fully saturated rings. The lowest BCUT2D eigenvalue weighted by Crippen LogP contribution is -2.34. The average molecular weight is 370 g/mol. The lowest BCUT2D eigenvalue weighted by Gasteiger charge is -2.20. The lowest BCUT2D eigenvalue weighted by molar-refractivity contribution is -0.140. The summed E-state index contributed by atoms with van der Waals surface area (Å²) >= 11 is 0. The highest BCUT2D eigenvalue weighted by molar-refractivity contribution is 5.96. The number of rotatable bonds is 10. The van der Waals surface area contributed by atoms with E-state index < -0.39 is 6.04 Å². The zero-order valence-electron chi connectivity index (χ0n) is 15.7. The second-order valence-corrected chi connectivity index (χ2v) is 5.90. The molecule has 0 aliphatic carbocycles. The van der Waals surface area contributed by atoms with Gasteiger partial charge in [-0.2, -0.15) is 0 Å². The highest BCUT2D eigenvalue weighted by atomic mass is 16.5. The van der Waals surface area contributed by atoms with Crippen LogP contribution in [-0.4, -0.2) is 32.1 Å². The van der Waals surface area contributed by atoms with Gasteiger partial charge in [-0.25, -0.2) is 0 Å². The Hall–Kier alpha value is -2.86. The summed E-state index contributed by atoms with van der Waals surface area (Å²) in [5.41, 5.74) is 1.48. The summed E-state index contributed by atoms with van der Waals surface area (Å²) in [6.07, 6.45) is 0.888. The first kappa shape index (κ1) is 20.5. The van der Waals surface area contributed by atoms with Crippen LogP contribution in [0, 0.1) is 0 Å². The fourth-order valence-corrected chi connectivity index (χ4v) is 2.64. The number of nitrogens with one attached hydrogen (secondary N) is 2. The van der Waals surface area contributed by atoms with E-state index in [-0.39, 0.29) is 11.9 Å². The van der Waals surface area contributed by atoms with E-state index in [2.05, 4.69) is 15.4 Å². The summed E-state index contributed by atoms with van der Waals surface area (Å²) in [5, 5.41) is 6.16. The van der Waals surface area contributed by atoms with Crippen LogP contribution in [0.3, 0.4) is 0 Å². The van der Waals surface area contributed by atoms with Crippen LogP contribution in [0.15, 0.2) is 54.6 Å². The van der Waals surface area contributed by atoms with Crippen LogP contribution >= 0.6 is 0 Å². The van der Waals surface area contributed by atoms with Crippen molar-refractivity contribution < 1.29 is 19.1 Å². The predicted molar refractivity (Wildman–Crippen MR) is 105 cm³/mol. The molecule has 0 saturated carbocycles. The van der Waals surface area contributed by atoms with Gasteiger partial charge in [0.1, 0.15) is 11.8 Å². The van der Waals surface area contributed by atoms with Gasteiger partial charge in [0.25, 0.3) is 0 Å². The Morgan fingerprint density at radius 1 is 1.04 bits per heavy atom. The molecule has 0 unspecified atom stereocenters. The Morgan fingerprint density at radius 2 is 1.74 bits per heavy atom. The maximum atomic E-state index is 12.9. The average Bonchev–Trinajstić information content (AvgIpc) is 2.70. The minimum absolute atomic E-state index is 0.188. The molecule has 2 aromatic rings. The Balaban J connectivity index is 2.08. The smallest absolute Gasteiger partial charge is 0.305 e. The minimum Gasteiger partial charge on any atom is -0.492 e. The number of hydrogen-bond donors (Lipinski definition) is 2. The normalized spacial score (nSPS) is 11.5. The second kappa shape index (κ2) is 11.0. The fraction of sp³-hybridized carbons (Fsp3) is 0.333. The molecule has 0 heterocycles. The molecular formula is C21H26N2O4. The number of esters is 1. The van der Waals surface area contributed by atoms with Crippen molar-refractivity contribution in [3.8, 4) is 5.75 Å². The van der Waals surface area contributed by atoms with Gasteiger partial charge in [-0.05, 0) is 37.6 Å². The lowest BCUT2D eigenvalue weighted by atomic mass is 10.1. The quantitative estimate of drug-likeness (QED) is 0.496. The van der Waals surface area contributed by atoms with Crippen molar-refractivity contribution in [3.63, 3.8) is 0 Å². The summed E-state index contributed by atoms with van der Waals surface area (Å²) in [6.45, 7) is 2.92. The van der Waals surface area contributed by atoms with Crippen LogP contribution in [0.5, 0.6) is 5.75 Å². The van der Waals surface area contributed by atoms with E-state index in [0.29, 0.717) is 37.4 Å². The zero-order valence-corrected chi connectivity index (χ0v) is 15.7. The predicted octanol–water partition coefficient (Wildman–Crippen LogP) is 3.31. The standard InChI is InChI=1S/C21H26N2O4/c1-3-27-18-13-8-7-12-17(18)23-21(25)20(16-10-5-4-6-11-16)22-15-9-14-19(24)26-2/h4-8,10-13,20,22H,3,9,14-15H2,1-2H3,(H,23,25)/t20-/m1/s1. The maximum absolute atomic E-state index is 12.9. The maximum Gasteiger partial charge on any atom is 0.305 e. The SMILES string of the molecule is CCOc1ccccc1NC(=O)[C@H](NCCCC(=O)OC)c1ccccc1. The van der Waals surface area contributed by atoms with E-state index >= 15 is 0 Å². The first-order valence-corrected chi connectivity index (χ1v) is 9.03. The van der Waals surface area contributed by atoms with Crippen LogP contribution in [0.4, 0.5) is 5.69 Å². The molecule has 6 heteroatoms. The third-order valence-corrected chi connectivity index (χ3v) is 3.97. The summed E-state index contributed by atoms with van der Waals surface area (Å²) in [4.78, 5) is 24.2. The molecule has 2 rings (SSSR count). The highest BCUT2D eigenvalue weighted by Crippen LogP contribution is 2.25. The van der Waals surface area contributed by atoms with Gasteiger partial charge in [0.05, 0.1) is 19.4 Å². The van der Waals surface area contributed by atoms with E-state index in [1.54, 1.807) is 0 Å². The Kier molecular flexibility index (Phi) is 8.32. The molecule has 0 saturated heterocycles. The third kappa shape index (κ3) is 6.42. The number of hydrogen-bond acceptors (Lipinski definition) is 5. The molecular weight excluding hydrogens is 344 g/mol. The van der Waals surface area contributed by atoms with Crippen LogP contribution in [-0.2, 0) is 14.3 Å². The van der Waals surface area contributed by atoms with E-state index in [1.807, 2.05) is 61.5 Å². The third-order valence-electron chi connectivity index (χ3n) is 3.97. The summed E-state index contributed by atoms with van der Waals surface area (Å²) < 4.78 is 10.2. The van der Waals surface area contributed by atoms with Crippen molar-refractivity contribution in [3.05, 3.63) is 60.2 Å². The van der Waals surface area contributed by atoms with Crippen molar-refractivity contribution >= 4 is 17.6 Å². The number of para-hydroxylation sites is 2. The molecule has 6 nitrogen and oxygen atoms in total. The van der Waals surface area contributed by atoms with Gasteiger partial charge in [-0.15, -0.1) is 0 Å². The number of anilines is 1. The summed E-state index contributed by atoms with van der Waals surface area (Å²) in [7, 11) is 1.37. The van der Waals surface area contributed by atoms with Crippen LogP contribution in [0.25, 0.3) is 0 Å². The van der Waals surface area contributed by atoms with Crippen molar-refractivity contribution in [2.45, 2.75) is 25.8 Å². The highest BCUT2D eigenvalue weighted by Gasteiger charge is 2.21. The summed E-state index contributed by atoms with van der Waals surface area (Å²) in [6, 6.07) is 16.3. The first-order valence-electron chi connectivity index (χ1n) is 9.03. The Morgan fingerprint density at radius 3 is 2.44 bits per heavy atom. The number of ether oxygens (including phenoxy) is 2. The van der Waals surface area contributed by atoms with Gasteiger partial charge in [-0.3, -0.25) is 9.59 Å². The van der Waals surface area contributed by atoms with Gasteiger partial charge in [0.15, 0.2) is 0 Å². The molecule has 1 amide bonds. The van der Waals surface area contributed by atoms with Gasteiger partial charge >= 0.3 is 5.97 Å². The van der Waals surface area contributed by atoms with Crippen LogP contribution in [0.1, 0.15) is 31.4 Å². The Labute approximate surface area is 159 Å². The van der Waals surface area contributed by atoms with E-state index in [9.17, 15) is 9.59 Å². The number of methoxy groups -OCH3 is 1. The van der Waals surface area contributed by atoms with E-state index in [0.717, 1.165) is 5.56 Å². The van der Waals surface area contributed by atoms with Crippen molar-refractivity contribution in [1.29, 1.82) is 0 Å². The largest absolute Gasteiger partial charge is 0.492 e. The topological polar surface area (TPSA) is 76.7 Å². The molecule has 0 aromatic heterocycles. The molecule has 0 spiro atoms. The first-order chi connectivity index (χ1) is 13.2. The van der Waals surface area contributed by atoms with E-state index in [1.165, 1.54) is 7.11 Å². The molecule has 27 heavy (non-hydrogen) atoms. The van der Waals surface area contributed by atoms with Crippen molar-refractivity contribution in [1.82, 2.24) is 5.32 Å². The molecule has 0 aliphatic heterocycles. The zero-order chi connectivity index (χ0) is 19.5. The fourth-order valence-electron chi connectivity index (χ4n) is 2.64. The summed E-state index contributed by atoms with van der Waals surface area (Å²) in [5.74, 6) is 0.181. The van der Waals surface area contributed by atoms with Crippen molar-refractivity contribution in [2.24, 2.45) is 0 Å². The van der Waals surface area contributed by atoms with Gasteiger partial charge < -0.3 is 20.1 Å². The molecule has 0 bridgehead atoms. The molecule has 0 aliphatic rings. The number of amides is 1. The molecule has 144 valence electrons. The molecule has 0 radical (unpaired) electrons. The van der Waals surface area contributed by atoms with Crippen LogP contribution in [0.2, 0.25) is 0 Å². The van der Waals surface area contributed by atoms with Gasteiger partial charge in [0.2, 0.25) is 5.91 Å².